The van der Waals surface area contributed by atoms with Crippen LogP contribution >= 0.6 is 0 Å². The van der Waals surface area contributed by atoms with Gasteiger partial charge >= 0.3 is 0 Å². The average Bonchev–Trinajstić information content (AvgIpc) is 3.02. The van der Waals surface area contributed by atoms with Gasteiger partial charge in [-0.15, -0.1) is 0 Å². The Morgan fingerprint density at radius 1 is 0.444 bits per heavy atom. The van der Waals surface area contributed by atoms with Gasteiger partial charge in [0.05, 0.1) is 19.3 Å². The Morgan fingerprint density at radius 2 is 0.800 bits per heavy atom. The Balaban J connectivity index is 1.87. The molecule has 0 radical (unpaired) electrons. The van der Waals surface area contributed by atoms with Gasteiger partial charge in [0.1, 0.15) is 0 Å². The summed E-state index contributed by atoms with van der Waals surface area (Å²) in [4.78, 5) is 2.55. The molecule has 0 unspecified atom stereocenters. The first-order chi connectivity index (χ1) is 22.4. The van der Waals surface area contributed by atoms with Gasteiger partial charge in [-0.25, -0.2) is 0 Å². The molecule has 3 heteroatoms. The summed E-state index contributed by atoms with van der Waals surface area (Å²) in [6.07, 6.45) is 51.1. The third-order valence-electron chi connectivity index (χ3n) is 9.01. The van der Waals surface area contributed by atoms with E-state index in [-0.39, 0.29) is 0 Å². The van der Waals surface area contributed by atoms with Crippen LogP contribution in [-0.4, -0.2) is 50.5 Å². The molecule has 1 rings (SSSR count). The molecule has 0 aromatic carbocycles. The van der Waals surface area contributed by atoms with Crippen LogP contribution in [0.2, 0.25) is 0 Å². The molecule has 0 aliphatic carbocycles. The number of rotatable bonds is 35. The van der Waals surface area contributed by atoms with E-state index in [4.69, 9.17) is 9.47 Å². The molecule has 0 atom stereocenters. The fourth-order valence-electron chi connectivity index (χ4n) is 5.79. The first-order valence-electron chi connectivity index (χ1n) is 19.9. The number of nitrogens with zero attached hydrogens (tertiary/aromatic N) is 1. The van der Waals surface area contributed by atoms with Crippen LogP contribution in [0.5, 0.6) is 0 Å². The number of allylic oxidation sites excluding steroid dienone is 8. The summed E-state index contributed by atoms with van der Waals surface area (Å²) in [5.74, 6) is 0. The molecule has 3 nitrogen and oxygen atoms in total. The third-order valence-corrected chi connectivity index (χ3v) is 9.01. The Bertz CT molecular complexity index is 641. The largest absolute Gasteiger partial charge is 0.380 e. The molecule has 0 N–H and O–H groups in total. The zero-order chi connectivity index (χ0) is 32.1. The molecule has 0 spiro atoms. The molecule has 1 saturated heterocycles. The van der Waals surface area contributed by atoms with Gasteiger partial charge in [-0.3, -0.25) is 4.90 Å². The van der Waals surface area contributed by atoms with Crippen molar-refractivity contribution >= 4 is 0 Å². The molecule has 0 aromatic rings. The van der Waals surface area contributed by atoms with Crippen LogP contribution in [0.3, 0.4) is 0 Å². The molecule has 0 amide bonds. The first-order valence-corrected chi connectivity index (χ1v) is 19.9. The van der Waals surface area contributed by atoms with Gasteiger partial charge < -0.3 is 9.47 Å². The lowest BCUT2D eigenvalue weighted by atomic mass is 10.1. The molecule has 45 heavy (non-hydrogen) atoms. The molecule has 1 aliphatic rings. The van der Waals surface area contributed by atoms with Gasteiger partial charge in [-0.2, -0.15) is 0 Å². The summed E-state index contributed by atoms with van der Waals surface area (Å²) in [7, 11) is 0. The summed E-state index contributed by atoms with van der Waals surface area (Å²) in [6.45, 7) is 10.5. The Labute approximate surface area is 282 Å². The summed E-state index contributed by atoms with van der Waals surface area (Å²) >= 11 is 0. The van der Waals surface area contributed by atoms with Crippen LogP contribution in [0, 0.1) is 0 Å². The Kier molecular flexibility index (Phi) is 33.2. The van der Waals surface area contributed by atoms with Gasteiger partial charge in [0.25, 0.3) is 0 Å². The predicted molar refractivity (Wildman–Crippen MR) is 200 cm³/mol. The number of ether oxygens (including phenoxy) is 2. The topological polar surface area (TPSA) is 21.7 Å². The standard InChI is InChI=1S/C42H77NO2/c1-3-5-7-9-11-13-15-17-19-21-23-25-27-29-31-33-38-44-40-42(43-36-35-37-43)41-45-39-34-32-30-28-26-24-22-20-18-16-14-12-10-8-6-4-2/h11-14,17-20,42H,3-10,15-16,21-41H2,1-2H3. The van der Waals surface area contributed by atoms with E-state index in [1.165, 1.54) is 161 Å². The van der Waals surface area contributed by atoms with Crippen molar-refractivity contribution in [1.82, 2.24) is 4.90 Å². The highest BCUT2D eigenvalue weighted by Gasteiger charge is 2.24. The van der Waals surface area contributed by atoms with Crippen molar-refractivity contribution in [3.05, 3.63) is 48.6 Å². The highest BCUT2D eigenvalue weighted by atomic mass is 16.5. The SMILES string of the molecule is CCCCCC=CCC=CCCCCCCCCOCC(COCCCCCCCCC=CCC=CCCCCC)N1CCC1. The molecule has 1 fully saturated rings. The molecular formula is C42H77NO2. The lowest BCUT2D eigenvalue weighted by Gasteiger charge is -2.38. The number of unbranched alkanes of at least 4 members (excludes halogenated alkanes) is 18. The van der Waals surface area contributed by atoms with E-state index >= 15 is 0 Å². The molecule has 1 aliphatic heterocycles. The molecule has 0 bridgehead atoms. The lowest BCUT2D eigenvalue weighted by Crippen LogP contribution is -2.49. The molecule has 262 valence electrons. The van der Waals surface area contributed by atoms with E-state index < -0.39 is 0 Å². The average molecular weight is 628 g/mol. The van der Waals surface area contributed by atoms with Crippen LogP contribution in [0.4, 0.5) is 0 Å². The van der Waals surface area contributed by atoms with Crippen LogP contribution in [0.25, 0.3) is 0 Å². The lowest BCUT2D eigenvalue weighted by molar-refractivity contribution is -0.0187. The highest BCUT2D eigenvalue weighted by Crippen LogP contribution is 2.14. The Hall–Kier alpha value is -1.16. The maximum absolute atomic E-state index is 6.11. The van der Waals surface area contributed by atoms with Crippen molar-refractivity contribution in [1.29, 1.82) is 0 Å². The zero-order valence-electron chi connectivity index (χ0n) is 30.4. The minimum atomic E-state index is 0.452. The number of likely N-dealkylation sites (tertiary alicyclic amines) is 1. The van der Waals surface area contributed by atoms with Crippen molar-refractivity contribution in [2.24, 2.45) is 0 Å². The van der Waals surface area contributed by atoms with E-state index in [1.807, 2.05) is 0 Å². The second-order valence-corrected chi connectivity index (χ2v) is 13.4. The molecular weight excluding hydrogens is 550 g/mol. The van der Waals surface area contributed by atoms with E-state index in [9.17, 15) is 0 Å². The van der Waals surface area contributed by atoms with Gasteiger partial charge in [-0.05, 0) is 96.6 Å². The highest BCUT2D eigenvalue weighted by molar-refractivity contribution is 4.93. The van der Waals surface area contributed by atoms with E-state index in [0.717, 1.165) is 39.3 Å². The second kappa shape index (κ2) is 35.7. The first kappa shape index (κ1) is 41.9. The summed E-state index contributed by atoms with van der Waals surface area (Å²) < 4.78 is 12.2. The molecule has 0 saturated carbocycles. The van der Waals surface area contributed by atoms with Gasteiger partial charge in [0, 0.05) is 13.2 Å². The van der Waals surface area contributed by atoms with E-state index in [1.54, 1.807) is 0 Å². The minimum absolute atomic E-state index is 0.452. The molecule has 0 aromatic heterocycles. The predicted octanol–water partition coefficient (Wildman–Crippen LogP) is 12.7. The van der Waals surface area contributed by atoms with Crippen molar-refractivity contribution in [3.63, 3.8) is 0 Å². The van der Waals surface area contributed by atoms with Gasteiger partial charge in [0.2, 0.25) is 0 Å². The van der Waals surface area contributed by atoms with Crippen LogP contribution in [0.1, 0.15) is 174 Å². The minimum Gasteiger partial charge on any atom is -0.380 e. The fraction of sp³-hybridized carbons (Fsp3) is 0.810. The summed E-state index contributed by atoms with van der Waals surface area (Å²) in [5, 5.41) is 0. The quantitative estimate of drug-likeness (QED) is 0.0515. The van der Waals surface area contributed by atoms with Gasteiger partial charge in [0.15, 0.2) is 0 Å². The van der Waals surface area contributed by atoms with Crippen molar-refractivity contribution in [3.8, 4) is 0 Å². The number of hydrogen-bond donors (Lipinski definition) is 0. The van der Waals surface area contributed by atoms with Gasteiger partial charge in [-0.1, -0.05) is 140 Å². The Morgan fingerprint density at radius 3 is 1.16 bits per heavy atom. The van der Waals surface area contributed by atoms with Crippen LogP contribution in [0.15, 0.2) is 48.6 Å². The smallest absolute Gasteiger partial charge is 0.0644 e. The zero-order valence-corrected chi connectivity index (χ0v) is 30.4. The van der Waals surface area contributed by atoms with Crippen molar-refractivity contribution in [2.75, 3.05) is 39.5 Å². The van der Waals surface area contributed by atoms with Crippen molar-refractivity contribution < 1.29 is 9.47 Å². The van der Waals surface area contributed by atoms with Crippen LogP contribution < -0.4 is 0 Å². The fourth-order valence-corrected chi connectivity index (χ4v) is 5.79. The monoisotopic (exact) mass is 628 g/mol. The number of hydrogen-bond acceptors (Lipinski definition) is 3. The van der Waals surface area contributed by atoms with Crippen molar-refractivity contribution in [2.45, 2.75) is 180 Å². The normalized spacial score (nSPS) is 15.0. The van der Waals surface area contributed by atoms with E-state index in [0.29, 0.717) is 6.04 Å². The third kappa shape index (κ3) is 30.0. The maximum Gasteiger partial charge on any atom is 0.0644 e. The molecule has 1 heterocycles. The summed E-state index contributed by atoms with van der Waals surface area (Å²) in [6, 6.07) is 0.452. The van der Waals surface area contributed by atoms with Crippen LogP contribution in [-0.2, 0) is 9.47 Å². The van der Waals surface area contributed by atoms with E-state index in [2.05, 4.69) is 67.4 Å². The summed E-state index contributed by atoms with van der Waals surface area (Å²) in [5.41, 5.74) is 0. The maximum atomic E-state index is 6.11. The second-order valence-electron chi connectivity index (χ2n) is 13.4.